The van der Waals surface area contributed by atoms with E-state index in [4.69, 9.17) is 0 Å². The van der Waals surface area contributed by atoms with Crippen LogP contribution in [0.3, 0.4) is 0 Å². The number of nitrogens with one attached hydrogen (secondary N) is 2. The highest BCUT2D eigenvalue weighted by Gasteiger charge is 2.12. The number of aromatic nitrogens is 3. The Kier molecular flexibility index (Phi) is 2.19. The number of rotatable bonds is 1. The van der Waals surface area contributed by atoms with Crippen molar-refractivity contribution >= 4 is 11.0 Å². The molecule has 0 aliphatic heterocycles. The molecule has 2 aromatic heterocycles. The van der Waals surface area contributed by atoms with Crippen LogP contribution in [0.2, 0.25) is 0 Å². The zero-order valence-corrected chi connectivity index (χ0v) is 9.73. The largest absolute Gasteiger partial charge is 0.344 e. The fraction of sp³-hybridized carbons (Fsp3) is 0.0769. The van der Waals surface area contributed by atoms with Crippen molar-refractivity contribution in [1.82, 2.24) is 14.5 Å². The summed E-state index contributed by atoms with van der Waals surface area (Å²) in [5.41, 5.74) is 1.97. The summed E-state index contributed by atoms with van der Waals surface area (Å²) in [5.74, 6) is 0. The van der Waals surface area contributed by atoms with Crippen LogP contribution in [-0.4, -0.2) is 14.5 Å². The summed E-state index contributed by atoms with van der Waals surface area (Å²) >= 11 is 0. The van der Waals surface area contributed by atoms with Crippen LogP contribution in [0.25, 0.3) is 22.2 Å². The topological polar surface area (TPSA) is 70.7 Å². The van der Waals surface area contributed by atoms with Crippen LogP contribution in [0.1, 0.15) is 0 Å². The smallest absolute Gasteiger partial charge is 0.326 e. The molecule has 0 unspecified atom stereocenters. The summed E-state index contributed by atoms with van der Waals surface area (Å²) in [6.45, 7) is 0. The lowest BCUT2D eigenvalue weighted by Gasteiger charge is -1.97. The van der Waals surface area contributed by atoms with Gasteiger partial charge < -0.3 is 9.55 Å². The van der Waals surface area contributed by atoms with Crippen molar-refractivity contribution in [3.8, 4) is 11.1 Å². The Bertz CT molecular complexity index is 825. The monoisotopic (exact) mass is 241 g/mol. The van der Waals surface area contributed by atoms with Crippen LogP contribution < -0.4 is 11.2 Å². The Morgan fingerprint density at radius 2 is 1.78 bits per heavy atom. The van der Waals surface area contributed by atoms with E-state index in [2.05, 4.69) is 9.97 Å². The van der Waals surface area contributed by atoms with E-state index in [1.807, 2.05) is 36.5 Å². The van der Waals surface area contributed by atoms with Crippen LogP contribution in [-0.2, 0) is 7.05 Å². The summed E-state index contributed by atoms with van der Waals surface area (Å²) in [6.07, 6.45) is 1.84. The highest BCUT2D eigenvalue weighted by molar-refractivity contribution is 5.92. The maximum atomic E-state index is 11.8. The van der Waals surface area contributed by atoms with Crippen molar-refractivity contribution in [2.75, 3.05) is 0 Å². The molecule has 0 radical (unpaired) electrons. The van der Waals surface area contributed by atoms with E-state index < -0.39 is 5.69 Å². The molecule has 0 aliphatic carbocycles. The first-order valence-corrected chi connectivity index (χ1v) is 5.54. The summed E-state index contributed by atoms with van der Waals surface area (Å²) < 4.78 is 1.71. The molecule has 90 valence electrons. The molecule has 18 heavy (non-hydrogen) atoms. The van der Waals surface area contributed by atoms with Gasteiger partial charge in [-0.2, -0.15) is 0 Å². The molecule has 3 aromatic rings. The first-order valence-electron chi connectivity index (χ1n) is 5.54. The van der Waals surface area contributed by atoms with Crippen molar-refractivity contribution in [3.63, 3.8) is 0 Å². The number of aryl methyl sites for hydroxylation is 1. The molecule has 1 aromatic carbocycles. The number of hydrogen-bond acceptors (Lipinski definition) is 2. The van der Waals surface area contributed by atoms with Gasteiger partial charge in [0.05, 0.1) is 5.52 Å². The molecule has 0 saturated heterocycles. The lowest BCUT2D eigenvalue weighted by atomic mass is 10.1. The Hall–Kier alpha value is -2.56. The number of nitrogens with zero attached hydrogens (tertiary/aromatic N) is 1. The second-order valence-corrected chi connectivity index (χ2v) is 4.15. The Morgan fingerprint density at radius 1 is 1.06 bits per heavy atom. The first kappa shape index (κ1) is 10.6. The van der Waals surface area contributed by atoms with Crippen LogP contribution in [0, 0.1) is 0 Å². The van der Waals surface area contributed by atoms with Crippen LogP contribution >= 0.6 is 0 Å². The first-order chi connectivity index (χ1) is 8.66. The van der Waals surface area contributed by atoms with Crippen LogP contribution in [0.4, 0.5) is 0 Å². The SMILES string of the molecule is Cn1cc(-c2ccccc2)c2[nH]c(=O)[nH]c(=O)c21. The normalized spacial score (nSPS) is 10.9. The second-order valence-electron chi connectivity index (χ2n) is 4.15. The maximum Gasteiger partial charge on any atom is 0.326 e. The average Bonchev–Trinajstić information content (AvgIpc) is 2.67. The maximum absolute atomic E-state index is 11.8. The van der Waals surface area contributed by atoms with Crippen molar-refractivity contribution in [2.24, 2.45) is 7.05 Å². The summed E-state index contributed by atoms with van der Waals surface area (Å²) in [7, 11) is 1.78. The average molecular weight is 241 g/mol. The van der Waals surface area contributed by atoms with Crippen molar-refractivity contribution in [3.05, 3.63) is 57.4 Å². The molecule has 0 fully saturated rings. The number of aromatic amines is 2. The Balaban J connectivity index is 2.46. The fourth-order valence-corrected chi connectivity index (χ4v) is 2.17. The highest BCUT2D eigenvalue weighted by atomic mass is 16.2. The molecule has 2 N–H and O–H groups in total. The van der Waals surface area contributed by atoms with Gasteiger partial charge in [0.1, 0.15) is 5.52 Å². The van der Waals surface area contributed by atoms with Gasteiger partial charge in [-0.15, -0.1) is 0 Å². The quantitative estimate of drug-likeness (QED) is 0.672. The Morgan fingerprint density at radius 3 is 2.50 bits per heavy atom. The molecule has 0 bridgehead atoms. The van der Waals surface area contributed by atoms with Gasteiger partial charge in [0.15, 0.2) is 0 Å². The zero-order chi connectivity index (χ0) is 12.7. The highest BCUT2D eigenvalue weighted by Crippen LogP contribution is 2.25. The summed E-state index contributed by atoms with van der Waals surface area (Å²) in [4.78, 5) is 28.1. The van der Waals surface area contributed by atoms with Gasteiger partial charge in [0.2, 0.25) is 0 Å². The summed E-state index contributed by atoms with van der Waals surface area (Å²) in [6, 6.07) is 9.63. The molecule has 0 spiro atoms. The number of fused-ring (bicyclic) bond motifs is 1. The van der Waals surface area contributed by atoms with E-state index in [1.165, 1.54) is 0 Å². The van der Waals surface area contributed by atoms with Gasteiger partial charge in [0, 0.05) is 18.8 Å². The molecular weight excluding hydrogens is 230 g/mol. The van der Waals surface area contributed by atoms with E-state index in [-0.39, 0.29) is 5.56 Å². The number of H-pyrrole nitrogens is 2. The van der Waals surface area contributed by atoms with Crippen LogP contribution in [0.5, 0.6) is 0 Å². The van der Waals surface area contributed by atoms with Crippen molar-refractivity contribution < 1.29 is 0 Å². The Labute approximate surface area is 102 Å². The molecular formula is C13H11N3O2. The van der Waals surface area contributed by atoms with E-state index in [0.717, 1.165) is 11.1 Å². The van der Waals surface area contributed by atoms with Crippen LogP contribution in [0.15, 0.2) is 46.1 Å². The lowest BCUT2D eigenvalue weighted by Crippen LogP contribution is -2.22. The van der Waals surface area contributed by atoms with Gasteiger partial charge in [-0.25, -0.2) is 4.79 Å². The third kappa shape index (κ3) is 1.48. The van der Waals surface area contributed by atoms with Gasteiger partial charge >= 0.3 is 5.69 Å². The minimum absolute atomic E-state index is 0.376. The van der Waals surface area contributed by atoms with Crippen molar-refractivity contribution in [2.45, 2.75) is 0 Å². The van der Waals surface area contributed by atoms with Gasteiger partial charge in [-0.1, -0.05) is 30.3 Å². The molecule has 0 saturated carbocycles. The molecule has 0 amide bonds. The standard InChI is InChI=1S/C13H11N3O2/c1-16-7-9(8-5-3-2-4-6-8)10-11(16)12(17)15-13(18)14-10/h2-7H,1H3,(H2,14,15,17,18). The number of benzene rings is 1. The lowest BCUT2D eigenvalue weighted by molar-refractivity contribution is 0.947. The molecule has 0 atom stereocenters. The van der Waals surface area contributed by atoms with E-state index in [1.54, 1.807) is 11.6 Å². The molecule has 5 nitrogen and oxygen atoms in total. The van der Waals surface area contributed by atoms with E-state index in [0.29, 0.717) is 11.0 Å². The molecule has 0 aliphatic rings. The third-order valence-electron chi connectivity index (χ3n) is 2.95. The molecule has 5 heteroatoms. The zero-order valence-electron chi connectivity index (χ0n) is 9.73. The van der Waals surface area contributed by atoms with Crippen molar-refractivity contribution in [1.29, 1.82) is 0 Å². The number of hydrogen-bond donors (Lipinski definition) is 2. The third-order valence-corrected chi connectivity index (χ3v) is 2.95. The predicted molar refractivity (Wildman–Crippen MR) is 69.6 cm³/mol. The minimum atomic E-state index is -0.490. The van der Waals surface area contributed by atoms with Gasteiger partial charge in [0.25, 0.3) is 5.56 Å². The molecule has 3 rings (SSSR count). The molecule has 2 heterocycles. The van der Waals surface area contributed by atoms with E-state index in [9.17, 15) is 9.59 Å². The fourth-order valence-electron chi connectivity index (χ4n) is 2.17. The van der Waals surface area contributed by atoms with E-state index >= 15 is 0 Å². The minimum Gasteiger partial charge on any atom is -0.344 e. The summed E-state index contributed by atoms with van der Waals surface area (Å²) in [5, 5.41) is 0. The second kappa shape index (κ2) is 3.73. The predicted octanol–water partition coefficient (Wildman–Crippen LogP) is 1.22. The van der Waals surface area contributed by atoms with Gasteiger partial charge in [-0.3, -0.25) is 9.78 Å². The van der Waals surface area contributed by atoms with Gasteiger partial charge in [-0.05, 0) is 5.56 Å².